The van der Waals surface area contributed by atoms with Gasteiger partial charge in [0, 0.05) is 126 Å². The Hall–Kier alpha value is -6.21. The maximum Gasteiger partial charge on any atom is 1.00 e. The van der Waals surface area contributed by atoms with Crippen molar-refractivity contribution in [2.75, 3.05) is 48.3 Å². The second kappa shape index (κ2) is 67.9. The predicted molar refractivity (Wildman–Crippen MR) is 469 cm³/mol. The normalized spacial score (nSPS) is 10.8. The smallest absolute Gasteiger partial charge is 1.00 e. The van der Waals surface area contributed by atoms with E-state index in [4.69, 9.17) is 46.2 Å². The molecule has 7 aromatic rings. The van der Waals surface area contributed by atoms with Crippen LogP contribution in [0.15, 0.2) is 97.5 Å². The van der Waals surface area contributed by atoms with E-state index >= 15 is 0 Å². The molecule has 706 valence electrons. The zero-order chi connectivity index (χ0) is 94.7. The Balaban J connectivity index is -0.000000784. The first-order valence-corrected chi connectivity index (χ1v) is 46.4. The number of benzene rings is 2. The Bertz CT molecular complexity index is 5030. The number of rotatable bonds is 31. The van der Waals surface area contributed by atoms with E-state index in [9.17, 15) is 88.7 Å². The van der Waals surface area contributed by atoms with Crippen molar-refractivity contribution >= 4 is 185 Å². The third-order valence-electron chi connectivity index (χ3n) is 15.0. The van der Waals surface area contributed by atoms with E-state index in [-0.39, 0.29) is 187 Å². The number of nitrogens with zero attached hydrogens (tertiary/aromatic N) is 11. The molecule has 0 unspecified atom stereocenters. The maximum atomic E-state index is 13.5. The summed E-state index contributed by atoms with van der Waals surface area (Å²) in [5.74, 6) is 0.419. The van der Waals surface area contributed by atoms with Gasteiger partial charge < -0.3 is 68.4 Å². The number of ether oxygens (including phenoxy) is 8. The van der Waals surface area contributed by atoms with Crippen molar-refractivity contribution in [3.05, 3.63) is 148 Å². The Morgan fingerprint density at radius 3 is 1.35 bits per heavy atom. The number of halogens is 12. The fraction of sp³-hybridized carbons (Fsp3) is 0.507. The Morgan fingerprint density at radius 1 is 0.555 bits per heavy atom. The summed E-state index contributed by atoms with van der Waals surface area (Å²) < 4.78 is 143. The molecule has 128 heavy (non-hydrogen) atoms. The summed E-state index contributed by atoms with van der Waals surface area (Å²) in [5.41, 5.74) is -2.12. The quantitative estimate of drug-likeness (QED) is 0.00624. The van der Waals surface area contributed by atoms with Gasteiger partial charge in [0.25, 0.3) is 11.1 Å². The monoisotopic (exact) mass is 2220 g/mol. The van der Waals surface area contributed by atoms with Crippen LogP contribution in [0.25, 0.3) is 22.6 Å². The van der Waals surface area contributed by atoms with Gasteiger partial charge in [0.15, 0.2) is 23.1 Å². The fourth-order valence-electron chi connectivity index (χ4n) is 9.89. The van der Waals surface area contributed by atoms with Gasteiger partial charge in [-0.05, 0) is 146 Å². The SMILES string of the molecule is CCCC(=O)O.CCCC(=O)OCOC(=O)Cl.CCCC(=O)OCOC(=O)SCC.CCCC(=O)OCOC(=O)n1c(-c2cnn(Cc3cccc(C(F)(F)F)c3)c2)nc2c1c(=O)n(CCC)c(=O)n2CC.CCCn1c(=O)c2c(n(CC)c1=O)N=C(c1cnn(Cc3cccc(C(F)(F)F)c3)c1)C2.CCSC(=O)OCCl.CCSC(=O)OCI.O=S(=O)(Cl)Cl.[H-].[I-].[Na+].[Na+]. The molecule has 0 spiro atoms. The molecule has 2 aromatic carbocycles. The van der Waals surface area contributed by atoms with Crippen LogP contribution in [0.4, 0.5) is 56.1 Å². The van der Waals surface area contributed by atoms with Gasteiger partial charge in [-0.3, -0.25) is 56.4 Å². The molecule has 0 atom stereocenters. The van der Waals surface area contributed by atoms with Crippen LogP contribution in [0.2, 0.25) is 0 Å². The summed E-state index contributed by atoms with van der Waals surface area (Å²) in [6, 6.07) is 9.82. The van der Waals surface area contributed by atoms with Crippen molar-refractivity contribution in [1.29, 1.82) is 0 Å². The zero-order valence-corrected chi connectivity index (χ0v) is 86.6. The molecule has 1 aliphatic rings. The molecule has 0 aliphatic carbocycles. The molecule has 1 N–H and O–H groups in total. The first-order valence-electron chi connectivity index (χ1n) is 37.9. The van der Waals surface area contributed by atoms with Gasteiger partial charge in [0.05, 0.1) is 53.4 Å². The number of aliphatic carboxylic acids is 1. The summed E-state index contributed by atoms with van der Waals surface area (Å²) in [4.78, 5) is 158. The van der Waals surface area contributed by atoms with Crippen molar-refractivity contribution in [3.8, 4) is 11.4 Å². The Morgan fingerprint density at radius 2 is 0.961 bits per heavy atom. The molecular formula is C75H97Cl4F6I2N11Na2O24S4. The number of thioether (sulfide) groups is 3. The number of carboxylic acids is 1. The third-order valence-corrected chi connectivity index (χ3v) is 17.5. The van der Waals surface area contributed by atoms with Gasteiger partial charge in [0.1, 0.15) is 10.4 Å². The number of esters is 3. The topological polar surface area (TPSA) is 436 Å². The molecule has 35 nitrogen and oxygen atoms in total. The minimum atomic E-state index is -4.51. The number of carbonyl (C=O) groups is 9. The maximum absolute atomic E-state index is 13.5. The van der Waals surface area contributed by atoms with Gasteiger partial charge in [-0.25, -0.2) is 48.1 Å². The number of carbonyl (C=O) groups excluding carboxylic acids is 8. The van der Waals surface area contributed by atoms with Crippen molar-refractivity contribution in [1.82, 2.24) is 47.4 Å². The first kappa shape index (κ1) is 126. The molecule has 0 saturated carbocycles. The number of aliphatic imine (C=N–C) groups is 1. The summed E-state index contributed by atoms with van der Waals surface area (Å²) >= 11 is 15.2. The molecular weight excluding hydrogens is 2120 g/mol. The van der Waals surface area contributed by atoms with E-state index in [1.165, 1.54) is 65.4 Å². The fourth-order valence-corrected chi connectivity index (χ4v) is 11.7. The van der Waals surface area contributed by atoms with E-state index in [2.05, 4.69) is 70.0 Å². The number of imidazole rings is 1. The van der Waals surface area contributed by atoms with E-state index in [1.54, 1.807) is 39.2 Å². The van der Waals surface area contributed by atoms with Gasteiger partial charge in [0.2, 0.25) is 20.4 Å². The summed E-state index contributed by atoms with van der Waals surface area (Å²) in [5, 5.41) is 15.5. The molecule has 53 heteroatoms. The molecule has 0 radical (unpaired) electrons. The second-order valence-electron chi connectivity index (χ2n) is 24.4. The van der Waals surface area contributed by atoms with Crippen molar-refractivity contribution < 1.29 is 205 Å². The average Bonchev–Trinajstić information content (AvgIpc) is 1.59. The van der Waals surface area contributed by atoms with Gasteiger partial charge >= 0.3 is 142 Å². The van der Waals surface area contributed by atoms with E-state index < -0.39 is 91.3 Å². The van der Waals surface area contributed by atoms with Gasteiger partial charge in [-0.1, -0.05) is 98.2 Å². The van der Waals surface area contributed by atoms with Crippen LogP contribution in [-0.4, -0.2) is 166 Å². The van der Waals surface area contributed by atoms with Crippen molar-refractivity contribution in [3.63, 3.8) is 0 Å². The number of hydrogen-bond acceptors (Lipinski definition) is 30. The third kappa shape index (κ3) is 48.4. The van der Waals surface area contributed by atoms with E-state index in [1.807, 2.05) is 78.0 Å². The number of carboxylic acid groups (broad SMARTS) is 1. The number of fused-ring (bicyclic) bond motifs is 2. The number of alkyl halides is 8. The molecule has 0 bridgehead atoms. The average molecular weight is 2220 g/mol. The molecule has 0 fully saturated rings. The Kier molecular flexibility index (Phi) is 66.8. The van der Waals surface area contributed by atoms with Crippen LogP contribution in [0.5, 0.6) is 0 Å². The zero-order valence-electron chi connectivity index (χ0n) is 73.0. The van der Waals surface area contributed by atoms with Crippen LogP contribution in [-0.2, 0) is 123 Å². The number of aromatic nitrogens is 10. The number of aryl methyl sites for hydroxylation is 1. The Labute approximate surface area is 840 Å². The van der Waals surface area contributed by atoms with Crippen LogP contribution < -0.4 is 106 Å². The minimum absolute atomic E-state index is 0. The van der Waals surface area contributed by atoms with Crippen LogP contribution in [0.3, 0.4) is 0 Å². The van der Waals surface area contributed by atoms with E-state index in [0.717, 1.165) is 81.3 Å². The minimum Gasteiger partial charge on any atom is -1.00 e. The van der Waals surface area contributed by atoms with Crippen molar-refractivity contribution in [2.24, 2.45) is 4.99 Å². The summed E-state index contributed by atoms with van der Waals surface area (Å²) in [6.07, 6.45) is 1.17. The molecule has 0 saturated heterocycles. The van der Waals surface area contributed by atoms with Gasteiger partial charge in [-0.2, -0.15) is 45.0 Å². The van der Waals surface area contributed by atoms with Crippen molar-refractivity contribution in [2.45, 2.75) is 198 Å². The first-order chi connectivity index (χ1) is 59.0. The predicted octanol–water partition coefficient (Wildman–Crippen LogP) is 8.27. The van der Waals surface area contributed by atoms with Gasteiger partial charge in [-0.15, -0.1) is 0 Å². The molecule has 1 aliphatic heterocycles. The number of hydrogen-bond donors (Lipinski definition) is 1. The molecule has 0 amide bonds. The van der Waals surface area contributed by atoms with Crippen LogP contribution in [0.1, 0.15) is 175 Å². The molecule has 5 aromatic heterocycles. The second-order valence-corrected chi connectivity index (χ2v) is 32.8. The van der Waals surface area contributed by atoms with E-state index in [0.29, 0.717) is 102 Å². The summed E-state index contributed by atoms with van der Waals surface area (Å²) in [6.45, 7) is 19.8. The largest absolute Gasteiger partial charge is 1.00 e. The van der Waals surface area contributed by atoms with Crippen LogP contribution in [0, 0.1) is 0 Å². The molecule has 6 heterocycles. The van der Waals surface area contributed by atoms with Crippen LogP contribution >= 0.6 is 102 Å². The molecule has 8 rings (SSSR count). The summed E-state index contributed by atoms with van der Waals surface area (Å²) in [7, 11) is 4.81. The standard InChI is InChI=1S/C27H29F3N6O6.C22H22F3N5O2.C8H14O4S.C6H9ClO4.C4H7ClO2S.C4H7IO2S.C4H8O2.Cl2O2S.HI.2Na.H/c1-4-8-20(37)41-16-42-26(40)36-21-23(34(6-3)25(39)35(11-5-2)24(21)38)32-22(36)18-13-31-33(15-18)14-17-9-7-10-19(12-17)27(28,29)30;1-3-8-30-20(31)17-10-18(27-19(17)29(4-2)21(30)32)15-11-26-28(13-15)12-14-6-5-7-16(9-14)22(23,24)25;1-3-5-7(9)11-6-12-8(10)13-4-2;1-2-3-5(8)10-4-11-6(7)9;2*1-2-8-4(6)7-3-5;1-2-3-4(5)6;1-5(2,3)4;;;;/h7,9-10,12-13,15H,4-6,8,11,14,16H2,1-3H3;5-7,9,11,13H,3-4,8,10,12H2,1-2H3;3-6H2,1-2H3;2-4H2,1H3;2*2-3H2,1H3;2-3H2,1H3,(H,5,6);;1H;;;/q;;;;;;;;;2*+1;-1/p-1.